The van der Waals surface area contributed by atoms with Crippen LogP contribution in [-0.4, -0.2) is 35.5 Å². The molecule has 1 heterocycles. The van der Waals surface area contributed by atoms with Crippen LogP contribution in [0.3, 0.4) is 0 Å². The van der Waals surface area contributed by atoms with E-state index in [0.29, 0.717) is 12.8 Å². The third-order valence-electron chi connectivity index (χ3n) is 2.59. The summed E-state index contributed by atoms with van der Waals surface area (Å²) < 4.78 is 4.89. The lowest BCUT2D eigenvalue weighted by Gasteiger charge is -2.13. The van der Waals surface area contributed by atoms with E-state index in [2.05, 4.69) is 10.6 Å². The van der Waals surface area contributed by atoms with Crippen LogP contribution in [-0.2, 0) is 9.59 Å². The van der Waals surface area contributed by atoms with Crippen LogP contribution in [0.2, 0.25) is 0 Å². The lowest BCUT2D eigenvalue weighted by molar-refractivity contribution is -0.142. The second-order valence-electron chi connectivity index (χ2n) is 4.23. The molecule has 2 amide bonds. The highest BCUT2D eigenvalue weighted by Crippen LogP contribution is 1.99. The van der Waals surface area contributed by atoms with Gasteiger partial charge in [-0.2, -0.15) is 0 Å². The molecule has 0 saturated heterocycles. The van der Waals surface area contributed by atoms with Gasteiger partial charge in [0.25, 0.3) is 5.91 Å². The van der Waals surface area contributed by atoms with Gasteiger partial charge in [0.2, 0.25) is 5.91 Å². The number of carboxylic acids is 1. The molecule has 0 fully saturated rings. The molecule has 7 nitrogen and oxygen atoms in total. The quantitative estimate of drug-likeness (QED) is 0.652. The fourth-order valence-electron chi connectivity index (χ4n) is 1.60. The molecule has 1 atom stereocenters. The summed E-state index contributed by atoms with van der Waals surface area (Å²) in [7, 11) is 0. The Morgan fingerprint density at radius 2 is 2.15 bits per heavy atom. The summed E-state index contributed by atoms with van der Waals surface area (Å²) in [6.45, 7) is 1.95. The van der Waals surface area contributed by atoms with Crippen LogP contribution < -0.4 is 10.6 Å². The summed E-state index contributed by atoms with van der Waals surface area (Å²) in [4.78, 5) is 33.9. The van der Waals surface area contributed by atoms with Crippen LogP contribution in [0.5, 0.6) is 0 Å². The summed E-state index contributed by atoms with van der Waals surface area (Å²) >= 11 is 0. The van der Waals surface area contributed by atoms with Gasteiger partial charge in [0.05, 0.1) is 6.26 Å². The summed E-state index contributed by atoms with van der Waals surface area (Å²) in [6.07, 6.45) is 2.43. The Balaban J connectivity index is 2.29. The highest BCUT2D eigenvalue weighted by molar-refractivity contribution is 5.91. The number of carbonyl (C=O) groups excluding carboxylic acids is 2. The third kappa shape index (κ3) is 5.13. The summed E-state index contributed by atoms with van der Waals surface area (Å²) in [5, 5.41) is 13.8. The van der Waals surface area contributed by atoms with E-state index in [-0.39, 0.29) is 18.7 Å². The van der Waals surface area contributed by atoms with Crippen molar-refractivity contribution in [1.82, 2.24) is 10.6 Å². The molecule has 0 radical (unpaired) electrons. The van der Waals surface area contributed by atoms with Crippen molar-refractivity contribution in [3.8, 4) is 0 Å². The Morgan fingerprint density at radius 3 is 2.70 bits per heavy atom. The topological polar surface area (TPSA) is 109 Å². The second kappa shape index (κ2) is 7.98. The molecule has 1 aromatic heterocycles. The number of carboxylic acid groups (broad SMARTS) is 1. The van der Waals surface area contributed by atoms with E-state index in [4.69, 9.17) is 9.52 Å². The molecule has 0 spiro atoms. The SMILES string of the molecule is CCCC(NC(=O)CCNC(=O)c1ccco1)C(=O)O. The fourth-order valence-corrected chi connectivity index (χ4v) is 1.60. The van der Waals surface area contributed by atoms with Crippen LogP contribution in [0.15, 0.2) is 22.8 Å². The Bertz CT molecular complexity index is 455. The lowest BCUT2D eigenvalue weighted by Crippen LogP contribution is -2.41. The first-order valence-corrected chi connectivity index (χ1v) is 6.38. The number of furan rings is 1. The summed E-state index contributed by atoms with van der Waals surface area (Å²) in [5.74, 6) is -1.71. The number of nitrogens with one attached hydrogen (secondary N) is 2. The van der Waals surface area contributed by atoms with Gasteiger partial charge in [-0.3, -0.25) is 9.59 Å². The highest BCUT2D eigenvalue weighted by atomic mass is 16.4. The summed E-state index contributed by atoms with van der Waals surface area (Å²) in [5.41, 5.74) is 0. The van der Waals surface area contributed by atoms with Gasteiger partial charge in [-0.05, 0) is 18.6 Å². The van der Waals surface area contributed by atoms with Crippen LogP contribution in [0.4, 0.5) is 0 Å². The van der Waals surface area contributed by atoms with E-state index in [9.17, 15) is 14.4 Å². The molecule has 1 unspecified atom stereocenters. The normalized spacial score (nSPS) is 11.7. The zero-order valence-electron chi connectivity index (χ0n) is 11.2. The predicted octanol–water partition coefficient (Wildman–Crippen LogP) is 0.769. The van der Waals surface area contributed by atoms with Crippen molar-refractivity contribution in [2.45, 2.75) is 32.2 Å². The zero-order valence-corrected chi connectivity index (χ0v) is 11.2. The highest BCUT2D eigenvalue weighted by Gasteiger charge is 2.18. The molecular formula is C13H18N2O5. The Hall–Kier alpha value is -2.31. The van der Waals surface area contributed by atoms with E-state index in [0.717, 1.165) is 0 Å². The molecule has 1 rings (SSSR count). The van der Waals surface area contributed by atoms with Gasteiger partial charge in [-0.25, -0.2) is 4.79 Å². The van der Waals surface area contributed by atoms with Gasteiger partial charge in [0.15, 0.2) is 5.76 Å². The van der Waals surface area contributed by atoms with Crippen LogP contribution in [0.25, 0.3) is 0 Å². The molecule has 0 aliphatic carbocycles. The van der Waals surface area contributed by atoms with Crippen LogP contribution in [0.1, 0.15) is 36.7 Å². The van der Waals surface area contributed by atoms with Gasteiger partial charge >= 0.3 is 5.97 Å². The molecule has 3 N–H and O–H groups in total. The standard InChI is InChI=1S/C13H18N2O5/c1-2-4-9(13(18)19)15-11(16)6-7-14-12(17)10-5-3-8-20-10/h3,5,8-9H,2,4,6-7H2,1H3,(H,14,17)(H,15,16)(H,18,19). The maximum atomic E-state index is 11.6. The molecule has 0 bridgehead atoms. The molecule has 0 aromatic carbocycles. The van der Waals surface area contributed by atoms with Crippen molar-refractivity contribution in [2.24, 2.45) is 0 Å². The molecule has 7 heteroatoms. The van der Waals surface area contributed by atoms with Crippen molar-refractivity contribution in [1.29, 1.82) is 0 Å². The van der Waals surface area contributed by atoms with Gasteiger partial charge in [-0.1, -0.05) is 13.3 Å². The first kappa shape index (κ1) is 15.7. The third-order valence-corrected chi connectivity index (χ3v) is 2.59. The van der Waals surface area contributed by atoms with E-state index in [1.807, 2.05) is 6.92 Å². The molecule has 1 aromatic rings. The number of hydrogen-bond donors (Lipinski definition) is 3. The summed E-state index contributed by atoms with van der Waals surface area (Å²) in [6, 6.07) is 2.22. The average molecular weight is 282 g/mol. The van der Waals surface area contributed by atoms with Gasteiger partial charge in [0.1, 0.15) is 6.04 Å². The molecule has 0 aliphatic heterocycles. The molecule has 0 aliphatic rings. The van der Waals surface area contributed by atoms with Gasteiger partial charge in [-0.15, -0.1) is 0 Å². The van der Waals surface area contributed by atoms with Crippen molar-refractivity contribution in [2.75, 3.05) is 6.54 Å². The van der Waals surface area contributed by atoms with E-state index in [1.165, 1.54) is 12.3 Å². The van der Waals surface area contributed by atoms with E-state index < -0.39 is 23.8 Å². The van der Waals surface area contributed by atoms with Crippen LogP contribution in [0, 0.1) is 0 Å². The number of carbonyl (C=O) groups is 3. The number of rotatable bonds is 8. The monoisotopic (exact) mass is 282 g/mol. The lowest BCUT2D eigenvalue weighted by atomic mass is 10.1. The second-order valence-corrected chi connectivity index (χ2v) is 4.23. The first-order valence-electron chi connectivity index (χ1n) is 6.38. The Morgan fingerprint density at radius 1 is 1.40 bits per heavy atom. The van der Waals surface area contributed by atoms with E-state index in [1.54, 1.807) is 6.07 Å². The fraction of sp³-hybridized carbons (Fsp3) is 0.462. The van der Waals surface area contributed by atoms with Gasteiger partial charge < -0.3 is 20.2 Å². The largest absolute Gasteiger partial charge is 0.480 e. The minimum absolute atomic E-state index is 0.0138. The molecule has 110 valence electrons. The number of hydrogen-bond acceptors (Lipinski definition) is 4. The number of aliphatic carboxylic acids is 1. The maximum absolute atomic E-state index is 11.6. The molecular weight excluding hydrogens is 264 g/mol. The van der Waals surface area contributed by atoms with Crippen molar-refractivity contribution >= 4 is 17.8 Å². The van der Waals surface area contributed by atoms with Crippen molar-refractivity contribution < 1.29 is 23.9 Å². The first-order chi connectivity index (χ1) is 9.54. The average Bonchev–Trinajstić information content (AvgIpc) is 2.91. The maximum Gasteiger partial charge on any atom is 0.326 e. The molecule has 0 saturated carbocycles. The zero-order chi connectivity index (χ0) is 15.0. The predicted molar refractivity (Wildman–Crippen MR) is 70.1 cm³/mol. The Labute approximate surface area is 116 Å². The van der Waals surface area contributed by atoms with Crippen LogP contribution >= 0.6 is 0 Å². The minimum Gasteiger partial charge on any atom is -0.480 e. The minimum atomic E-state index is -1.06. The van der Waals surface area contributed by atoms with E-state index >= 15 is 0 Å². The van der Waals surface area contributed by atoms with Crippen molar-refractivity contribution in [3.63, 3.8) is 0 Å². The Kier molecular flexibility index (Phi) is 6.28. The van der Waals surface area contributed by atoms with Gasteiger partial charge in [0, 0.05) is 13.0 Å². The smallest absolute Gasteiger partial charge is 0.326 e. The molecule has 20 heavy (non-hydrogen) atoms. The van der Waals surface area contributed by atoms with Crippen molar-refractivity contribution in [3.05, 3.63) is 24.2 Å². The number of amides is 2.